The second kappa shape index (κ2) is 11.7. The van der Waals surface area contributed by atoms with Crippen molar-refractivity contribution in [2.75, 3.05) is 26.7 Å². The fraction of sp³-hybridized carbons (Fsp3) is 0.706. The van der Waals surface area contributed by atoms with Crippen LogP contribution in [0.5, 0.6) is 0 Å². The second-order valence-electron chi connectivity index (χ2n) is 6.05. The maximum Gasteiger partial charge on any atom is 0.220 e. The number of rotatable bonds is 6. The standard InChI is InChI=1S/C17H29N5OS.HI/c1-4-14-11-20-16(24-14)12-21-17(19-5-2)22-8-6-13(7-9-22)10-15(23)18-3;/h11,13H,4-10,12H2,1-3H3,(H,18,23)(H,19,21);1H. The number of guanidine groups is 1. The van der Waals surface area contributed by atoms with Crippen LogP contribution in [0.3, 0.4) is 0 Å². The van der Waals surface area contributed by atoms with Crippen molar-refractivity contribution < 1.29 is 4.79 Å². The molecule has 0 aliphatic carbocycles. The van der Waals surface area contributed by atoms with E-state index in [-0.39, 0.29) is 29.9 Å². The zero-order valence-corrected chi connectivity index (χ0v) is 18.5. The number of hydrogen-bond donors (Lipinski definition) is 2. The number of amides is 1. The van der Waals surface area contributed by atoms with E-state index in [1.807, 2.05) is 6.20 Å². The van der Waals surface area contributed by atoms with E-state index < -0.39 is 0 Å². The number of likely N-dealkylation sites (tertiary alicyclic amines) is 1. The first-order valence-corrected chi connectivity index (χ1v) is 9.65. The number of nitrogens with one attached hydrogen (secondary N) is 2. The van der Waals surface area contributed by atoms with Crippen LogP contribution < -0.4 is 10.6 Å². The largest absolute Gasteiger partial charge is 0.359 e. The maximum atomic E-state index is 11.5. The van der Waals surface area contributed by atoms with Gasteiger partial charge in [0.15, 0.2) is 5.96 Å². The third-order valence-electron chi connectivity index (χ3n) is 4.32. The van der Waals surface area contributed by atoms with Crippen LogP contribution in [0.2, 0.25) is 0 Å². The number of aromatic nitrogens is 1. The third kappa shape index (κ3) is 7.08. The summed E-state index contributed by atoms with van der Waals surface area (Å²) in [6.45, 7) is 7.62. The molecule has 1 aliphatic heterocycles. The predicted octanol–water partition coefficient (Wildman–Crippen LogP) is 2.64. The number of nitrogens with zero attached hydrogens (tertiary/aromatic N) is 3. The van der Waals surface area contributed by atoms with Crippen molar-refractivity contribution in [3.8, 4) is 0 Å². The van der Waals surface area contributed by atoms with E-state index in [4.69, 9.17) is 4.99 Å². The fourth-order valence-electron chi connectivity index (χ4n) is 2.87. The van der Waals surface area contributed by atoms with Crippen LogP contribution in [0.25, 0.3) is 0 Å². The topological polar surface area (TPSA) is 69.6 Å². The lowest BCUT2D eigenvalue weighted by Crippen LogP contribution is -2.46. The van der Waals surface area contributed by atoms with Crippen molar-refractivity contribution in [3.05, 3.63) is 16.1 Å². The van der Waals surface area contributed by atoms with Crippen LogP contribution >= 0.6 is 35.3 Å². The zero-order chi connectivity index (χ0) is 17.4. The third-order valence-corrected chi connectivity index (χ3v) is 5.44. The summed E-state index contributed by atoms with van der Waals surface area (Å²) in [5, 5.41) is 7.17. The van der Waals surface area contributed by atoms with Gasteiger partial charge in [-0.2, -0.15) is 0 Å². The van der Waals surface area contributed by atoms with E-state index in [1.54, 1.807) is 18.4 Å². The number of piperidine rings is 1. The Hall–Kier alpha value is -0.900. The molecule has 2 N–H and O–H groups in total. The van der Waals surface area contributed by atoms with E-state index in [2.05, 4.69) is 34.4 Å². The number of carbonyl (C=O) groups is 1. The monoisotopic (exact) mass is 479 g/mol. The van der Waals surface area contributed by atoms with E-state index in [9.17, 15) is 4.79 Å². The van der Waals surface area contributed by atoms with Crippen molar-refractivity contribution >= 4 is 47.2 Å². The van der Waals surface area contributed by atoms with Crippen LogP contribution in [0.15, 0.2) is 11.2 Å². The average Bonchev–Trinajstić information content (AvgIpc) is 3.07. The first-order valence-electron chi connectivity index (χ1n) is 8.83. The molecule has 142 valence electrons. The van der Waals surface area contributed by atoms with Gasteiger partial charge in [-0.15, -0.1) is 35.3 Å². The van der Waals surface area contributed by atoms with Gasteiger partial charge in [-0.25, -0.2) is 9.98 Å². The van der Waals surface area contributed by atoms with E-state index in [0.717, 1.165) is 49.9 Å². The van der Waals surface area contributed by atoms with Gasteiger partial charge >= 0.3 is 0 Å². The minimum absolute atomic E-state index is 0. The maximum absolute atomic E-state index is 11.5. The highest BCUT2D eigenvalue weighted by atomic mass is 127. The molecule has 0 saturated carbocycles. The van der Waals surface area contributed by atoms with Crippen LogP contribution in [0.4, 0.5) is 0 Å². The molecule has 2 rings (SSSR count). The summed E-state index contributed by atoms with van der Waals surface area (Å²) in [4.78, 5) is 24.3. The highest BCUT2D eigenvalue weighted by Gasteiger charge is 2.23. The molecule has 6 nitrogen and oxygen atoms in total. The van der Waals surface area contributed by atoms with Crippen molar-refractivity contribution in [1.82, 2.24) is 20.5 Å². The highest BCUT2D eigenvalue weighted by molar-refractivity contribution is 14.0. The van der Waals surface area contributed by atoms with Gasteiger partial charge in [-0.3, -0.25) is 4.79 Å². The highest BCUT2D eigenvalue weighted by Crippen LogP contribution is 2.21. The van der Waals surface area contributed by atoms with E-state index in [1.165, 1.54) is 4.88 Å². The Morgan fingerprint density at radius 3 is 2.68 bits per heavy atom. The molecule has 1 aliphatic rings. The quantitative estimate of drug-likeness (QED) is 0.374. The van der Waals surface area contributed by atoms with Crippen molar-refractivity contribution in [2.45, 2.75) is 46.1 Å². The van der Waals surface area contributed by atoms with Crippen LogP contribution in [-0.4, -0.2) is 48.4 Å². The number of carbonyl (C=O) groups excluding carboxylic acids is 1. The molecule has 0 radical (unpaired) electrons. The Morgan fingerprint density at radius 1 is 1.40 bits per heavy atom. The molecule has 1 amide bonds. The Labute approximate surface area is 171 Å². The lowest BCUT2D eigenvalue weighted by atomic mass is 9.93. The average molecular weight is 479 g/mol. The molecule has 1 aromatic rings. The SMILES string of the molecule is CCNC(=NCc1ncc(CC)s1)N1CCC(CC(=O)NC)CC1.I. The lowest BCUT2D eigenvalue weighted by molar-refractivity contribution is -0.121. The first kappa shape index (κ1) is 22.1. The number of thiazole rings is 1. The second-order valence-corrected chi connectivity index (χ2v) is 7.25. The van der Waals surface area contributed by atoms with Crippen molar-refractivity contribution in [2.24, 2.45) is 10.9 Å². The number of halogens is 1. The van der Waals surface area contributed by atoms with E-state index in [0.29, 0.717) is 18.9 Å². The molecule has 2 heterocycles. The molecule has 0 spiro atoms. The molecular formula is C17H30IN5OS. The Morgan fingerprint density at radius 2 is 2.12 bits per heavy atom. The van der Waals surface area contributed by atoms with Gasteiger partial charge in [-0.1, -0.05) is 6.92 Å². The zero-order valence-electron chi connectivity index (χ0n) is 15.4. The number of hydrogen-bond acceptors (Lipinski definition) is 4. The van der Waals surface area contributed by atoms with Crippen LogP contribution in [0, 0.1) is 5.92 Å². The fourth-order valence-corrected chi connectivity index (χ4v) is 3.65. The molecule has 1 aromatic heterocycles. The Kier molecular flexibility index (Phi) is 10.3. The van der Waals surface area contributed by atoms with Crippen molar-refractivity contribution in [3.63, 3.8) is 0 Å². The van der Waals surface area contributed by atoms with Gasteiger partial charge in [0.05, 0.1) is 6.54 Å². The molecular weight excluding hydrogens is 449 g/mol. The molecule has 8 heteroatoms. The minimum Gasteiger partial charge on any atom is -0.359 e. The number of aryl methyl sites for hydroxylation is 1. The summed E-state index contributed by atoms with van der Waals surface area (Å²) < 4.78 is 0. The Bertz CT molecular complexity index is 555. The van der Waals surface area contributed by atoms with Gasteiger partial charge in [0.1, 0.15) is 5.01 Å². The number of aliphatic imine (C=N–C) groups is 1. The molecule has 0 bridgehead atoms. The van der Waals surface area contributed by atoms with Crippen molar-refractivity contribution in [1.29, 1.82) is 0 Å². The van der Waals surface area contributed by atoms with Gasteiger partial charge in [-0.05, 0) is 32.1 Å². The van der Waals surface area contributed by atoms with Gasteiger partial charge in [0.25, 0.3) is 0 Å². The molecule has 0 unspecified atom stereocenters. The summed E-state index contributed by atoms with van der Waals surface area (Å²) in [7, 11) is 1.70. The van der Waals surface area contributed by atoms with Crippen LogP contribution in [0.1, 0.15) is 43.0 Å². The minimum atomic E-state index is 0. The molecule has 0 aromatic carbocycles. The van der Waals surface area contributed by atoms with Gasteiger partial charge < -0.3 is 15.5 Å². The summed E-state index contributed by atoms with van der Waals surface area (Å²) in [5.41, 5.74) is 0. The molecule has 1 fully saturated rings. The molecule has 25 heavy (non-hydrogen) atoms. The normalized spacial score (nSPS) is 15.6. The Balaban J connectivity index is 0.00000312. The molecule has 0 atom stereocenters. The van der Waals surface area contributed by atoms with E-state index >= 15 is 0 Å². The first-order chi connectivity index (χ1) is 11.7. The predicted molar refractivity (Wildman–Crippen MR) is 115 cm³/mol. The van der Waals surface area contributed by atoms with Crippen LogP contribution in [-0.2, 0) is 17.8 Å². The smallest absolute Gasteiger partial charge is 0.220 e. The summed E-state index contributed by atoms with van der Waals surface area (Å²) >= 11 is 1.74. The lowest BCUT2D eigenvalue weighted by Gasteiger charge is -2.34. The summed E-state index contributed by atoms with van der Waals surface area (Å²) in [5.74, 6) is 1.59. The summed E-state index contributed by atoms with van der Waals surface area (Å²) in [6, 6.07) is 0. The summed E-state index contributed by atoms with van der Waals surface area (Å²) in [6.07, 6.45) is 5.69. The van der Waals surface area contributed by atoms with Gasteiger partial charge in [0, 0.05) is 44.2 Å². The molecule has 1 saturated heterocycles. The van der Waals surface area contributed by atoms with Gasteiger partial charge in [0.2, 0.25) is 5.91 Å².